The van der Waals surface area contributed by atoms with E-state index in [0.717, 1.165) is 10.4 Å². The van der Waals surface area contributed by atoms with Crippen LogP contribution in [0.15, 0.2) is 53.4 Å². The number of alkyl halides is 2. The van der Waals surface area contributed by atoms with Crippen LogP contribution in [0.2, 0.25) is 5.02 Å². The summed E-state index contributed by atoms with van der Waals surface area (Å²) in [4.78, 5) is 23.6. The Bertz CT molecular complexity index is 1110. The van der Waals surface area contributed by atoms with Gasteiger partial charge in [-0.1, -0.05) is 23.7 Å². The highest BCUT2D eigenvalue weighted by molar-refractivity contribution is 7.89. The number of hydrogen-bond donors (Lipinski definition) is 1. The van der Waals surface area contributed by atoms with E-state index < -0.39 is 35.1 Å². The highest BCUT2D eigenvalue weighted by atomic mass is 35.5. The average molecular weight is 489 g/mol. The topological polar surface area (TPSA) is 102 Å². The van der Waals surface area contributed by atoms with Crippen molar-refractivity contribution in [3.05, 3.63) is 59.1 Å². The molecule has 0 aliphatic rings. The van der Waals surface area contributed by atoms with Gasteiger partial charge in [-0.05, 0) is 42.0 Å². The van der Waals surface area contributed by atoms with E-state index in [4.69, 9.17) is 16.3 Å². The lowest BCUT2D eigenvalue weighted by Gasteiger charge is -2.14. The molecule has 172 valence electrons. The zero-order valence-corrected chi connectivity index (χ0v) is 18.5. The molecule has 0 saturated heterocycles. The van der Waals surface area contributed by atoms with Crippen LogP contribution in [0, 0.1) is 0 Å². The zero-order chi connectivity index (χ0) is 23.9. The SMILES string of the molecule is CN(C)S(=O)(=O)c1cc(NC(=O)COC(=O)/C=C/c2ccc(OC(F)F)cc2)ccc1Cl. The van der Waals surface area contributed by atoms with Gasteiger partial charge in [0.15, 0.2) is 6.61 Å². The number of carbonyl (C=O) groups excluding carboxylic acids is 2. The highest BCUT2D eigenvalue weighted by Crippen LogP contribution is 2.26. The Morgan fingerprint density at radius 3 is 2.41 bits per heavy atom. The summed E-state index contributed by atoms with van der Waals surface area (Å²) in [6.45, 7) is -3.56. The quantitative estimate of drug-likeness (QED) is 0.429. The third-order valence-corrected chi connectivity index (χ3v) is 6.13. The lowest BCUT2D eigenvalue weighted by molar-refractivity contribution is -0.142. The summed E-state index contributed by atoms with van der Waals surface area (Å²) < 4.78 is 58.8. The third-order valence-electron chi connectivity index (χ3n) is 3.84. The van der Waals surface area contributed by atoms with Crippen molar-refractivity contribution in [3.8, 4) is 5.75 Å². The van der Waals surface area contributed by atoms with Gasteiger partial charge in [0.25, 0.3) is 5.91 Å². The molecule has 1 amide bonds. The molecule has 0 heterocycles. The number of esters is 1. The van der Waals surface area contributed by atoms with Crippen molar-refractivity contribution >= 4 is 45.3 Å². The number of sulfonamides is 1. The van der Waals surface area contributed by atoms with E-state index in [1.54, 1.807) is 0 Å². The summed E-state index contributed by atoms with van der Waals surface area (Å²) in [5.74, 6) is -1.55. The number of carbonyl (C=O) groups is 2. The Morgan fingerprint density at radius 1 is 1.16 bits per heavy atom. The molecule has 32 heavy (non-hydrogen) atoms. The Labute approximate surface area is 188 Å². The van der Waals surface area contributed by atoms with E-state index in [9.17, 15) is 26.8 Å². The molecule has 0 aliphatic carbocycles. The van der Waals surface area contributed by atoms with Gasteiger partial charge >= 0.3 is 12.6 Å². The fourth-order valence-electron chi connectivity index (χ4n) is 2.28. The van der Waals surface area contributed by atoms with E-state index in [0.29, 0.717) is 5.56 Å². The van der Waals surface area contributed by atoms with Crippen LogP contribution >= 0.6 is 11.6 Å². The monoisotopic (exact) mass is 488 g/mol. The van der Waals surface area contributed by atoms with Crippen LogP contribution in [0.4, 0.5) is 14.5 Å². The van der Waals surface area contributed by atoms with Crippen LogP contribution in [0.25, 0.3) is 6.08 Å². The molecule has 0 saturated carbocycles. The number of rotatable bonds is 9. The van der Waals surface area contributed by atoms with Gasteiger partial charge in [-0.2, -0.15) is 8.78 Å². The summed E-state index contributed by atoms with van der Waals surface area (Å²) in [5.41, 5.74) is 0.668. The minimum absolute atomic E-state index is 0.0120. The normalized spacial score (nSPS) is 11.7. The summed E-state index contributed by atoms with van der Waals surface area (Å²) in [7, 11) is -1.14. The minimum Gasteiger partial charge on any atom is -0.452 e. The van der Waals surface area contributed by atoms with Gasteiger partial charge in [-0.25, -0.2) is 17.5 Å². The maximum absolute atomic E-state index is 12.3. The number of nitrogens with one attached hydrogen (secondary N) is 1. The van der Waals surface area contributed by atoms with Crippen LogP contribution in [0.5, 0.6) is 5.75 Å². The van der Waals surface area contributed by atoms with Gasteiger partial charge < -0.3 is 14.8 Å². The highest BCUT2D eigenvalue weighted by Gasteiger charge is 2.21. The molecule has 0 spiro atoms. The molecule has 8 nitrogen and oxygen atoms in total. The molecule has 0 fully saturated rings. The van der Waals surface area contributed by atoms with Crippen molar-refractivity contribution in [2.24, 2.45) is 0 Å². The zero-order valence-electron chi connectivity index (χ0n) is 16.9. The summed E-state index contributed by atoms with van der Waals surface area (Å²) in [6, 6.07) is 9.43. The third kappa shape index (κ3) is 7.29. The van der Waals surface area contributed by atoms with Gasteiger partial charge in [-0.3, -0.25) is 4.79 Å². The van der Waals surface area contributed by atoms with Crippen molar-refractivity contribution in [3.63, 3.8) is 0 Å². The summed E-state index contributed by atoms with van der Waals surface area (Å²) in [5, 5.41) is 2.40. The lowest BCUT2D eigenvalue weighted by Crippen LogP contribution is -2.23. The van der Waals surface area contributed by atoms with E-state index in [1.165, 1.54) is 62.6 Å². The average Bonchev–Trinajstić information content (AvgIpc) is 2.72. The van der Waals surface area contributed by atoms with Crippen LogP contribution < -0.4 is 10.1 Å². The fourth-order valence-corrected chi connectivity index (χ4v) is 3.68. The number of halogens is 3. The Morgan fingerprint density at radius 2 is 1.81 bits per heavy atom. The van der Waals surface area contributed by atoms with E-state index in [-0.39, 0.29) is 21.4 Å². The molecule has 12 heteroatoms. The Hall–Kier alpha value is -3.02. The molecule has 1 N–H and O–H groups in total. The molecule has 0 radical (unpaired) electrons. The van der Waals surface area contributed by atoms with Crippen molar-refractivity contribution in [2.45, 2.75) is 11.5 Å². The maximum atomic E-state index is 12.3. The number of amides is 1. The van der Waals surface area contributed by atoms with Gasteiger partial charge in [0.1, 0.15) is 10.6 Å². The maximum Gasteiger partial charge on any atom is 0.387 e. The van der Waals surface area contributed by atoms with E-state index in [2.05, 4.69) is 10.1 Å². The van der Waals surface area contributed by atoms with Crippen LogP contribution in [-0.4, -0.2) is 51.9 Å². The van der Waals surface area contributed by atoms with Crippen molar-refractivity contribution in [1.29, 1.82) is 0 Å². The van der Waals surface area contributed by atoms with Crippen LogP contribution in [-0.2, 0) is 24.3 Å². The van der Waals surface area contributed by atoms with Gasteiger partial charge in [-0.15, -0.1) is 0 Å². The van der Waals surface area contributed by atoms with Crippen molar-refractivity contribution in [1.82, 2.24) is 4.31 Å². The predicted molar refractivity (Wildman–Crippen MR) is 114 cm³/mol. The Kier molecular flexibility index (Phi) is 8.70. The molecular weight excluding hydrogens is 470 g/mol. The smallest absolute Gasteiger partial charge is 0.387 e. The largest absolute Gasteiger partial charge is 0.452 e. The predicted octanol–water partition coefficient (Wildman–Crippen LogP) is 3.39. The molecule has 0 bridgehead atoms. The minimum atomic E-state index is -3.82. The first-order chi connectivity index (χ1) is 15.0. The second-order valence-electron chi connectivity index (χ2n) is 6.37. The number of anilines is 1. The molecule has 0 atom stereocenters. The summed E-state index contributed by atoms with van der Waals surface area (Å²) >= 11 is 5.94. The fraction of sp³-hybridized carbons (Fsp3) is 0.200. The molecule has 0 aliphatic heterocycles. The first-order valence-corrected chi connectivity index (χ1v) is 10.7. The van der Waals surface area contributed by atoms with Crippen molar-refractivity contribution < 1.29 is 36.3 Å². The molecule has 0 aromatic heterocycles. The molecule has 0 unspecified atom stereocenters. The second kappa shape index (κ2) is 11.0. The standard InChI is InChI=1S/C20H19ClF2N2O6S/c1-25(2)32(28,29)17-11-14(6-9-16(17)21)24-18(26)12-30-19(27)10-5-13-3-7-15(8-4-13)31-20(22)23/h3-11,20H,12H2,1-2H3,(H,24,26)/b10-5+. The van der Waals surface area contributed by atoms with Crippen molar-refractivity contribution in [2.75, 3.05) is 26.0 Å². The van der Waals surface area contributed by atoms with Crippen LogP contribution in [0.1, 0.15) is 5.56 Å². The Balaban J connectivity index is 1.91. The summed E-state index contributed by atoms with van der Waals surface area (Å²) in [6.07, 6.45) is 2.42. The van der Waals surface area contributed by atoms with E-state index >= 15 is 0 Å². The number of benzene rings is 2. The first kappa shape index (κ1) is 25.2. The second-order valence-corrected chi connectivity index (χ2v) is 8.90. The first-order valence-electron chi connectivity index (χ1n) is 8.90. The van der Waals surface area contributed by atoms with Crippen LogP contribution in [0.3, 0.4) is 0 Å². The van der Waals surface area contributed by atoms with Gasteiger partial charge in [0, 0.05) is 25.9 Å². The number of ether oxygens (including phenoxy) is 2. The molecule has 2 aromatic carbocycles. The lowest BCUT2D eigenvalue weighted by atomic mass is 10.2. The number of nitrogens with zero attached hydrogens (tertiary/aromatic N) is 1. The van der Waals surface area contributed by atoms with Gasteiger partial charge in [0.2, 0.25) is 10.0 Å². The molecule has 2 rings (SSSR count). The molecular formula is C20H19ClF2N2O6S. The van der Waals surface area contributed by atoms with E-state index in [1.807, 2.05) is 0 Å². The number of hydrogen-bond acceptors (Lipinski definition) is 6. The van der Waals surface area contributed by atoms with Gasteiger partial charge in [0.05, 0.1) is 5.02 Å². The molecule has 2 aromatic rings.